The number of aromatic nitrogens is 1. The van der Waals surface area contributed by atoms with Crippen molar-refractivity contribution in [1.82, 2.24) is 9.88 Å². The fraction of sp³-hybridized carbons (Fsp3) is 0.348. The summed E-state index contributed by atoms with van der Waals surface area (Å²) in [4.78, 5) is 7.02. The van der Waals surface area contributed by atoms with Crippen molar-refractivity contribution in [2.75, 3.05) is 20.2 Å². The van der Waals surface area contributed by atoms with Crippen LogP contribution < -0.4 is 4.74 Å². The van der Waals surface area contributed by atoms with Gasteiger partial charge in [-0.25, -0.2) is 9.37 Å². The van der Waals surface area contributed by atoms with Crippen LogP contribution >= 0.6 is 0 Å². The maximum atomic E-state index is 14.3. The summed E-state index contributed by atoms with van der Waals surface area (Å²) in [5, 5.41) is 0. The Balaban J connectivity index is 1.51. The number of nitrogens with zero attached hydrogens (tertiary/aromatic N) is 2. The predicted molar refractivity (Wildman–Crippen MR) is 107 cm³/mol. The first kappa shape index (κ1) is 18.7. The van der Waals surface area contributed by atoms with E-state index in [1.807, 2.05) is 6.92 Å². The summed E-state index contributed by atoms with van der Waals surface area (Å²) in [6.45, 7) is 4.64. The van der Waals surface area contributed by atoms with E-state index in [2.05, 4.69) is 40.2 Å². The summed E-state index contributed by atoms with van der Waals surface area (Å²) in [7, 11) is 1.56. The molecule has 0 amide bonds. The molecule has 5 heteroatoms. The van der Waals surface area contributed by atoms with Crippen LogP contribution in [0.1, 0.15) is 35.8 Å². The number of hydrogen-bond acceptors (Lipinski definition) is 4. The van der Waals surface area contributed by atoms with E-state index in [1.165, 1.54) is 18.1 Å². The summed E-state index contributed by atoms with van der Waals surface area (Å²) in [5.41, 5.74) is 2.59. The topological polar surface area (TPSA) is 38.5 Å². The molecular formula is C23H25FN2O2. The van der Waals surface area contributed by atoms with Gasteiger partial charge in [0.1, 0.15) is 17.3 Å². The molecule has 4 rings (SSSR count). The minimum atomic E-state index is -0.365. The van der Waals surface area contributed by atoms with Gasteiger partial charge in [-0.15, -0.1) is 0 Å². The molecule has 1 unspecified atom stereocenters. The first-order valence-corrected chi connectivity index (χ1v) is 9.71. The number of rotatable bonds is 5. The number of aryl methyl sites for hydroxylation is 1. The standard InChI is InChI=1S/C23H25FN2O2/c1-16-22(25-23(28-16)20-13-19(27-2)10-11-21(20)24)15-26-12-6-9-18(14-26)17-7-4-3-5-8-17/h3-5,7-8,10-11,13,18H,6,9,12,14-15H2,1-2H3. The van der Waals surface area contributed by atoms with Crippen LogP contribution in [0.2, 0.25) is 0 Å². The van der Waals surface area contributed by atoms with E-state index in [4.69, 9.17) is 9.15 Å². The second kappa shape index (κ2) is 8.15. The molecule has 0 bridgehead atoms. The number of piperidine rings is 1. The van der Waals surface area contributed by atoms with Crippen LogP contribution in [0.15, 0.2) is 52.9 Å². The molecule has 0 spiro atoms. The zero-order chi connectivity index (χ0) is 19.5. The van der Waals surface area contributed by atoms with E-state index >= 15 is 0 Å². The molecule has 1 aliphatic rings. The Labute approximate surface area is 165 Å². The smallest absolute Gasteiger partial charge is 0.229 e. The van der Waals surface area contributed by atoms with Crippen LogP contribution in [0.3, 0.4) is 0 Å². The van der Waals surface area contributed by atoms with Crippen LogP contribution in [-0.2, 0) is 6.54 Å². The summed E-state index contributed by atoms with van der Waals surface area (Å²) in [5.74, 6) is 1.79. The van der Waals surface area contributed by atoms with Gasteiger partial charge in [0.25, 0.3) is 0 Å². The largest absolute Gasteiger partial charge is 0.497 e. The fourth-order valence-electron chi connectivity index (χ4n) is 3.89. The minimum Gasteiger partial charge on any atom is -0.497 e. The average Bonchev–Trinajstić information content (AvgIpc) is 3.09. The molecule has 28 heavy (non-hydrogen) atoms. The molecule has 0 radical (unpaired) electrons. The van der Waals surface area contributed by atoms with Crippen molar-refractivity contribution < 1.29 is 13.5 Å². The van der Waals surface area contributed by atoms with Crippen LogP contribution in [-0.4, -0.2) is 30.1 Å². The highest BCUT2D eigenvalue weighted by Crippen LogP contribution is 2.30. The van der Waals surface area contributed by atoms with Gasteiger partial charge >= 0.3 is 0 Å². The number of benzene rings is 2. The van der Waals surface area contributed by atoms with Gasteiger partial charge in [0.15, 0.2) is 0 Å². The van der Waals surface area contributed by atoms with Crippen molar-refractivity contribution in [2.45, 2.75) is 32.2 Å². The van der Waals surface area contributed by atoms with Gasteiger partial charge in [-0.1, -0.05) is 30.3 Å². The van der Waals surface area contributed by atoms with Gasteiger partial charge in [-0.3, -0.25) is 4.90 Å². The van der Waals surface area contributed by atoms with Crippen molar-refractivity contribution >= 4 is 0 Å². The molecule has 1 saturated heterocycles. The normalized spacial score (nSPS) is 17.6. The zero-order valence-electron chi connectivity index (χ0n) is 16.3. The van der Waals surface area contributed by atoms with Crippen LogP contribution in [0.25, 0.3) is 11.5 Å². The number of ether oxygens (including phenoxy) is 1. The van der Waals surface area contributed by atoms with Crippen LogP contribution in [0.5, 0.6) is 5.75 Å². The Morgan fingerprint density at radius 2 is 2.04 bits per heavy atom. The Morgan fingerprint density at radius 1 is 1.21 bits per heavy atom. The van der Waals surface area contributed by atoms with Gasteiger partial charge in [0.2, 0.25) is 5.89 Å². The Morgan fingerprint density at radius 3 is 2.82 bits per heavy atom. The van der Waals surface area contributed by atoms with E-state index in [-0.39, 0.29) is 5.82 Å². The molecule has 0 aliphatic carbocycles. The van der Waals surface area contributed by atoms with E-state index in [0.29, 0.717) is 29.7 Å². The summed E-state index contributed by atoms with van der Waals surface area (Å²) in [6.07, 6.45) is 2.37. The number of halogens is 1. The number of hydrogen-bond donors (Lipinski definition) is 0. The van der Waals surface area contributed by atoms with E-state index in [0.717, 1.165) is 31.0 Å². The Kier molecular flexibility index (Phi) is 5.44. The molecule has 2 heterocycles. The first-order chi connectivity index (χ1) is 13.6. The third kappa shape index (κ3) is 3.94. The predicted octanol–water partition coefficient (Wildman–Crippen LogP) is 5.18. The Bertz CT molecular complexity index is 939. The molecular weight excluding hydrogens is 355 g/mol. The molecule has 1 atom stereocenters. The van der Waals surface area contributed by atoms with Crippen LogP contribution in [0, 0.1) is 12.7 Å². The molecule has 3 aromatic rings. The highest BCUT2D eigenvalue weighted by Gasteiger charge is 2.23. The SMILES string of the molecule is COc1ccc(F)c(-c2nc(CN3CCCC(c4ccccc4)C3)c(C)o2)c1. The highest BCUT2D eigenvalue weighted by atomic mass is 19.1. The molecule has 2 aromatic carbocycles. The lowest BCUT2D eigenvalue weighted by atomic mass is 9.90. The lowest BCUT2D eigenvalue weighted by molar-refractivity contribution is 0.197. The molecule has 0 N–H and O–H groups in total. The average molecular weight is 380 g/mol. The van der Waals surface area contributed by atoms with Crippen molar-refractivity contribution in [3.05, 3.63) is 71.4 Å². The second-order valence-corrected chi connectivity index (χ2v) is 7.35. The molecule has 4 nitrogen and oxygen atoms in total. The van der Waals surface area contributed by atoms with Gasteiger partial charge in [-0.05, 0) is 56.0 Å². The first-order valence-electron chi connectivity index (χ1n) is 9.71. The molecule has 1 fully saturated rings. The zero-order valence-corrected chi connectivity index (χ0v) is 16.3. The van der Waals surface area contributed by atoms with Crippen molar-refractivity contribution in [3.8, 4) is 17.2 Å². The maximum absolute atomic E-state index is 14.3. The summed E-state index contributed by atoms with van der Waals surface area (Å²) in [6, 6.07) is 15.3. The van der Waals surface area contributed by atoms with E-state index in [1.54, 1.807) is 19.2 Å². The van der Waals surface area contributed by atoms with Crippen molar-refractivity contribution in [1.29, 1.82) is 0 Å². The number of likely N-dealkylation sites (tertiary alicyclic amines) is 1. The molecule has 1 aliphatic heterocycles. The van der Waals surface area contributed by atoms with Gasteiger partial charge in [-0.2, -0.15) is 0 Å². The fourth-order valence-corrected chi connectivity index (χ4v) is 3.89. The molecule has 0 saturated carbocycles. The third-order valence-corrected chi connectivity index (χ3v) is 5.45. The molecule has 146 valence electrons. The van der Waals surface area contributed by atoms with Crippen molar-refractivity contribution in [3.63, 3.8) is 0 Å². The lowest BCUT2D eigenvalue weighted by Crippen LogP contribution is -2.34. The number of oxazole rings is 1. The number of methoxy groups -OCH3 is 1. The Hall–Kier alpha value is -2.66. The highest BCUT2D eigenvalue weighted by molar-refractivity contribution is 5.57. The van der Waals surface area contributed by atoms with E-state index in [9.17, 15) is 4.39 Å². The lowest BCUT2D eigenvalue weighted by Gasteiger charge is -2.32. The summed E-state index contributed by atoms with van der Waals surface area (Å²) >= 11 is 0. The van der Waals surface area contributed by atoms with Crippen molar-refractivity contribution in [2.24, 2.45) is 0 Å². The second-order valence-electron chi connectivity index (χ2n) is 7.35. The monoisotopic (exact) mass is 380 g/mol. The van der Waals surface area contributed by atoms with Gasteiger partial charge < -0.3 is 9.15 Å². The molecule has 1 aromatic heterocycles. The van der Waals surface area contributed by atoms with Gasteiger partial charge in [0, 0.05) is 13.1 Å². The quantitative estimate of drug-likeness (QED) is 0.611. The van der Waals surface area contributed by atoms with Gasteiger partial charge in [0.05, 0.1) is 18.4 Å². The van der Waals surface area contributed by atoms with Crippen LogP contribution in [0.4, 0.5) is 4.39 Å². The van der Waals surface area contributed by atoms with E-state index < -0.39 is 0 Å². The third-order valence-electron chi connectivity index (χ3n) is 5.45. The summed E-state index contributed by atoms with van der Waals surface area (Å²) < 4.78 is 25.3. The maximum Gasteiger partial charge on any atom is 0.229 e. The minimum absolute atomic E-state index is 0.306.